The summed E-state index contributed by atoms with van der Waals surface area (Å²) in [6, 6.07) is 5.73. The normalized spacial score (nSPS) is 12.7. The molecule has 2 N–H and O–H groups in total. The second-order valence-corrected chi connectivity index (χ2v) is 5.43. The molecule has 0 bridgehead atoms. The van der Waals surface area contributed by atoms with E-state index in [-0.39, 0.29) is 0 Å². The Morgan fingerprint density at radius 2 is 1.90 bits per heavy atom. The Hall–Kier alpha value is -2.22. The van der Waals surface area contributed by atoms with Crippen molar-refractivity contribution >= 4 is 6.08 Å². The molecule has 0 fully saturated rings. The van der Waals surface area contributed by atoms with E-state index >= 15 is 0 Å². The van der Waals surface area contributed by atoms with Crippen molar-refractivity contribution in [3.8, 4) is 22.6 Å². The largest absolute Gasteiger partial charge is 0.508 e. The lowest BCUT2D eigenvalue weighted by Crippen LogP contribution is -2.08. The first kappa shape index (κ1) is 12.8. The van der Waals surface area contributed by atoms with Gasteiger partial charge in [-0.05, 0) is 66.1 Å². The third kappa shape index (κ3) is 1.64. The maximum absolute atomic E-state index is 10.3. The molecule has 0 atom stereocenters. The Kier molecular flexibility index (Phi) is 2.82. The molecule has 0 amide bonds. The van der Waals surface area contributed by atoms with Gasteiger partial charge < -0.3 is 10.2 Å². The summed E-state index contributed by atoms with van der Waals surface area (Å²) in [7, 11) is 0. The van der Waals surface area contributed by atoms with Gasteiger partial charge >= 0.3 is 0 Å². The zero-order valence-corrected chi connectivity index (χ0v) is 11.8. The van der Waals surface area contributed by atoms with Crippen LogP contribution >= 0.6 is 0 Å². The van der Waals surface area contributed by atoms with E-state index in [2.05, 4.69) is 12.6 Å². The van der Waals surface area contributed by atoms with Crippen LogP contribution in [0.2, 0.25) is 0 Å². The van der Waals surface area contributed by atoms with E-state index in [0.29, 0.717) is 11.5 Å². The predicted molar refractivity (Wildman–Crippen MR) is 82.2 cm³/mol. The quantitative estimate of drug-likeness (QED) is 0.815. The standard InChI is InChI=1S/C18H18O2/c1-4-13-17-12(9-10(2)18(13)20)5-6-14-11(3)16(19)8-7-15(14)17/h4,7-9,19-20H,1,5-6H2,2-3H3. The number of aryl methyl sites for hydroxylation is 2. The molecule has 0 radical (unpaired) electrons. The molecule has 2 aromatic carbocycles. The lowest BCUT2D eigenvalue weighted by atomic mass is 9.80. The molecule has 0 heterocycles. The molecule has 102 valence electrons. The number of phenols is 2. The van der Waals surface area contributed by atoms with Crippen LogP contribution in [-0.4, -0.2) is 10.2 Å². The fourth-order valence-electron chi connectivity index (χ4n) is 3.18. The molecule has 0 aromatic heterocycles. The summed E-state index contributed by atoms with van der Waals surface area (Å²) in [5.41, 5.74) is 7.20. The fourth-order valence-corrected chi connectivity index (χ4v) is 3.18. The lowest BCUT2D eigenvalue weighted by molar-refractivity contribution is 0.469. The summed E-state index contributed by atoms with van der Waals surface area (Å²) in [6.07, 6.45) is 3.57. The van der Waals surface area contributed by atoms with E-state index in [1.54, 1.807) is 12.1 Å². The molecule has 0 spiro atoms. The minimum atomic E-state index is 0.303. The van der Waals surface area contributed by atoms with Gasteiger partial charge in [0.2, 0.25) is 0 Å². The van der Waals surface area contributed by atoms with Gasteiger partial charge in [-0.2, -0.15) is 0 Å². The minimum Gasteiger partial charge on any atom is -0.508 e. The fraction of sp³-hybridized carbons (Fsp3) is 0.222. The third-order valence-corrected chi connectivity index (χ3v) is 4.30. The van der Waals surface area contributed by atoms with Gasteiger partial charge in [-0.3, -0.25) is 0 Å². The van der Waals surface area contributed by atoms with Gasteiger partial charge in [0.05, 0.1) is 0 Å². The third-order valence-electron chi connectivity index (χ3n) is 4.30. The Morgan fingerprint density at radius 3 is 2.60 bits per heavy atom. The average molecular weight is 266 g/mol. The molecule has 2 nitrogen and oxygen atoms in total. The number of fused-ring (bicyclic) bond motifs is 3. The van der Waals surface area contributed by atoms with Crippen molar-refractivity contribution < 1.29 is 10.2 Å². The molecule has 0 aliphatic heterocycles. The molecule has 20 heavy (non-hydrogen) atoms. The van der Waals surface area contributed by atoms with Crippen LogP contribution < -0.4 is 0 Å². The zero-order chi connectivity index (χ0) is 14.4. The number of aromatic hydroxyl groups is 2. The molecule has 0 saturated heterocycles. The van der Waals surface area contributed by atoms with Crippen molar-refractivity contribution in [2.24, 2.45) is 0 Å². The van der Waals surface area contributed by atoms with Crippen molar-refractivity contribution in [2.75, 3.05) is 0 Å². The van der Waals surface area contributed by atoms with Gasteiger partial charge in [-0.25, -0.2) is 0 Å². The first-order valence-electron chi connectivity index (χ1n) is 6.84. The summed E-state index contributed by atoms with van der Waals surface area (Å²) >= 11 is 0. The van der Waals surface area contributed by atoms with Crippen LogP contribution in [0.1, 0.15) is 27.8 Å². The summed E-state index contributed by atoms with van der Waals surface area (Å²) in [4.78, 5) is 0. The van der Waals surface area contributed by atoms with Gasteiger partial charge in [0.1, 0.15) is 11.5 Å². The first-order chi connectivity index (χ1) is 9.54. The minimum absolute atomic E-state index is 0.303. The van der Waals surface area contributed by atoms with E-state index in [0.717, 1.165) is 40.7 Å². The van der Waals surface area contributed by atoms with Crippen LogP contribution in [0.25, 0.3) is 17.2 Å². The van der Waals surface area contributed by atoms with Crippen molar-refractivity contribution in [1.82, 2.24) is 0 Å². The van der Waals surface area contributed by atoms with Gasteiger partial charge in [-0.1, -0.05) is 24.8 Å². The SMILES string of the molecule is C=Cc1c(O)c(C)cc2c1-c1ccc(O)c(C)c1CC2. The Morgan fingerprint density at radius 1 is 1.15 bits per heavy atom. The van der Waals surface area contributed by atoms with Crippen LogP contribution in [0.5, 0.6) is 11.5 Å². The topological polar surface area (TPSA) is 40.5 Å². The summed E-state index contributed by atoms with van der Waals surface area (Å²) in [6.45, 7) is 7.71. The second-order valence-electron chi connectivity index (χ2n) is 5.43. The highest BCUT2D eigenvalue weighted by Crippen LogP contribution is 2.43. The van der Waals surface area contributed by atoms with Crippen LogP contribution in [-0.2, 0) is 12.8 Å². The van der Waals surface area contributed by atoms with Crippen molar-refractivity contribution in [2.45, 2.75) is 26.7 Å². The highest BCUT2D eigenvalue weighted by molar-refractivity contribution is 5.85. The van der Waals surface area contributed by atoms with Gasteiger partial charge in [0, 0.05) is 5.56 Å². The molecule has 3 rings (SSSR count). The summed E-state index contributed by atoms with van der Waals surface area (Å²) < 4.78 is 0. The number of hydrogen-bond donors (Lipinski definition) is 2. The van der Waals surface area contributed by atoms with E-state index in [4.69, 9.17) is 0 Å². The van der Waals surface area contributed by atoms with E-state index in [1.807, 2.05) is 19.9 Å². The zero-order valence-electron chi connectivity index (χ0n) is 11.8. The Labute approximate surface area is 119 Å². The van der Waals surface area contributed by atoms with Gasteiger partial charge in [0.15, 0.2) is 0 Å². The first-order valence-corrected chi connectivity index (χ1v) is 6.84. The van der Waals surface area contributed by atoms with Crippen molar-refractivity contribution in [3.05, 3.63) is 52.6 Å². The number of phenolic OH excluding ortho intramolecular Hbond substituents is 2. The maximum atomic E-state index is 10.3. The van der Waals surface area contributed by atoms with Crippen LogP contribution in [0, 0.1) is 13.8 Å². The van der Waals surface area contributed by atoms with E-state index in [9.17, 15) is 10.2 Å². The van der Waals surface area contributed by atoms with Crippen LogP contribution in [0.4, 0.5) is 0 Å². The molecule has 1 aliphatic carbocycles. The lowest BCUT2D eigenvalue weighted by Gasteiger charge is -2.25. The smallest absolute Gasteiger partial charge is 0.126 e. The number of rotatable bonds is 1. The Balaban J connectivity index is 2.39. The Bertz CT molecular complexity index is 727. The highest BCUT2D eigenvalue weighted by atomic mass is 16.3. The van der Waals surface area contributed by atoms with E-state index in [1.165, 1.54) is 11.1 Å². The predicted octanol–water partition coefficient (Wildman–Crippen LogP) is 4.12. The number of hydrogen-bond acceptors (Lipinski definition) is 2. The van der Waals surface area contributed by atoms with Gasteiger partial charge in [0.25, 0.3) is 0 Å². The monoisotopic (exact) mass is 266 g/mol. The molecule has 1 aliphatic rings. The molecule has 2 heteroatoms. The average Bonchev–Trinajstić information content (AvgIpc) is 2.44. The van der Waals surface area contributed by atoms with Crippen molar-refractivity contribution in [1.29, 1.82) is 0 Å². The van der Waals surface area contributed by atoms with Crippen LogP contribution in [0.15, 0.2) is 24.8 Å². The molecule has 0 unspecified atom stereocenters. The highest BCUT2D eigenvalue weighted by Gasteiger charge is 2.23. The maximum Gasteiger partial charge on any atom is 0.126 e. The summed E-state index contributed by atoms with van der Waals surface area (Å²) in [5, 5.41) is 20.2. The van der Waals surface area contributed by atoms with E-state index < -0.39 is 0 Å². The summed E-state index contributed by atoms with van der Waals surface area (Å²) in [5.74, 6) is 0.640. The van der Waals surface area contributed by atoms with Crippen LogP contribution in [0.3, 0.4) is 0 Å². The van der Waals surface area contributed by atoms with Gasteiger partial charge in [-0.15, -0.1) is 0 Å². The molecule has 2 aromatic rings. The molecular formula is C18H18O2. The second kappa shape index (κ2) is 4.41. The van der Waals surface area contributed by atoms with Crippen molar-refractivity contribution in [3.63, 3.8) is 0 Å². The number of benzene rings is 2. The molecular weight excluding hydrogens is 248 g/mol. The molecule has 0 saturated carbocycles.